The molecule has 0 amide bonds. The van der Waals surface area contributed by atoms with Gasteiger partial charge in [-0.25, -0.2) is 18.4 Å². The number of aryl methyl sites for hydroxylation is 2. The maximum Gasteiger partial charge on any atom is 0.264 e. The number of ether oxygens (including phenoxy) is 1. The lowest BCUT2D eigenvalue weighted by Crippen LogP contribution is -2.01. The molecule has 0 N–H and O–H groups in total. The predicted octanol–water partition coefficient (Wildman–Crippen LogP) is 4.76. The molecule has 0 atom stereocenters. The van der Waals surface area contributed by atoms with Gasteiger partial charge in [-0.15, -0.1) is 0 Å². The molecule has 0 saturated heterocycles. The number of nitrogens with zero attached hydrogens (tertiary/aromatic N) is 3. The van der Waals surface area contributed by atoms with Crippen molar-refractivity contribution in [2.24, 2.45) is 0 Å². The van der Waals surface area contributed by atoms with Crippen LogP contribution >= 0.6 is 0 Å². The molecule has 126 valence electrons. The number of hydrogen-bond donors (Lipinski definition) is 0. The van der Waals surface area contributed by atoms with Gasteiger partial charge in [0.2, 0.25) is 0 Å². The van der Waals surface area contributed by atoms with E-state index in [2.05, 4.69) is 10.1 Å². The van der Waals surface area contributed by atoms with Crippen LogP contribution in [-0.4, -0.2) is 21.9 Å². The van der Waals surface area contributed by atoms with E-state index < -0.39 is 6.43 Å². The molecule has 0 saturated carbocycles. The molecule has 0 fully saturated rings. The van der Waals surface area contributed by atoms with Gasteiger partial charge in [0.1, 0.15) is 5.75 Å². The van der Waals surface area contributed by atoms with Crippen molar-refractivity contribution < 1.29 is 13.5 Å². The quantitative estimate of drug-likeness (QED) is 0.676. The number of hydrogen-bond acceptors (Lipinski definition) is 3. The average molecular weight is 331 g/mol. The molecule has 0 bridgehead atoms. The average Bonchev–Trinajstić information content (AvgIpc) is 2.90. The third-order valence-electron chi connectivity index (χ3n) is 3.94. The van der Waals surface area contributed by atoms with Gasteiger partial charge in [-0.1, -0.05) is 19.1 Å². The van der Waals surface area contributed by atoms with Gasteiger partial charge in [-0.3, -0.25) is 0 Å². The highest BCUT2D eigenvalue weighted by atomic mass is 19.3. The van der Waals surface area contributed by atoms with Gasteiger partial charge in [0.05, 0.1) is 23.9 Å². The normalized spacial score (nSPS) is 11.4. The predicted molar refractivity (Wildman–Crippen MR) is 89.5 cm³/mol. The van der Waals surface area contributed by atoms with Crippen molar-refractivity contribution in [1.82, 2.24) is 14.8 Å². The van der Waals surface area contributed by atoms with Crippen molar-refractivity contribution in [2.45, 2.75) is 33.2 Å². The van der Waals surface area contributed by atoms with Gasteiger partial charge in [-0.2, -0.15) is 5.10 Å². The standard InChI is InChI=1S/C18H19F2N3O/c1-4-8-23-18-16(11(2)22-23)14(17(19)20)10-15(21-18)12-6-5-7-13(9-12)24-3/h5-7,9-10,17H,4,8H2,1-3H3. The SMILES string of the molecule is CCCn1nc(C)c2c(C(F)F)cc(-c3cccc(OC)c3)nc21. The lowest BCUT2D eigenvalue weighted by Gasteiger charge is -2.09. The highest BCUT2D eigenvalue weighted by molar-refractivity contribution is 5.85. The van der Waals surface area contributed by atoms with Crippen LogP contribution in [0.1, 0.15) is 31.0 Å². The molecule has 0 unspecified atom stereocenters. The van der Waals surface area contributed by atoms with Gasteiger partial charge in [0, 0.05) is 17.7 Å². The summed E-state index contributed by atoms with van der Waals surface area (Å²) in [5.74, 6) is 0.659. The Morgan fingerprint density at radius 1 is 1.25 bits per heavy atom. The van der Waals surface area contributed by atoms with Crippen molar-refractivity contribution in [1.29, 1.82) is 0 Å². The fourth-order valence-electron chi connectivity index (χ4n) is 2.86. The zero-order valence-electron chi connectivity index (χ0n) is 13.9. The van der Waals surface area contributed by atoms with Gasteiger partial charge in [0.15, 0.2) is 5.65 Å². The van der Waals surface area contributed by atoms with Gasteiger partial charge < -0.3 is 4.74 Å². The summed E-state index contributed by atoms with van der Waals surface area (Å²) in [4.78, 5) is 4.61. The molecule has 0 spiro atoms. The van der Waals surface area contributed by atoms with Crippen LogP contribution in [0.2, 0.25) is 0 Å². The first-order valence-corrected chi connectivity index (χ1v) is 7.85. The highest BCUT2D eigenvalue weighted by Crippen LogP contribution is 2.33. The third-order valence-corrected chi connectivity index (χ3v) is 3.94. The molecule has 2 aromatic heterocycles. The van der Waals surface area contributed by atoms with Gasteiger partial charge in [-0.05, 0) is 31.5 Å². The summed E-state index contributed by atoms with van der Waals surface area (Å²) in [6.07, 6.45) is -1.73. The number of pyridine rings is 1. The molecule has 2 heterocycles. The Bertz CT molecular complexity index is 874. The summed E-state index contributed by atoms with van der Waals surface area (Å²) in [6, 6.07) is 8.70. The number of aromatic nitrogens is 3. The molecule has 3 rings (SSSR count). The molecule has 6 heteroatoms. The third kappa shape index (κ3) is 2.84. The summed E-state index contributed by atoms with van der Waals surface area (Å²) < 4.78 is 34.2. The Morgan fingerprint density at radius 2 is 2.04 bits per heavy atom. The first-order valence-electron chi connectivity index (χ1n) is 7.85. The van der Waals surface area contributed by atoms with E-state index in [0.717, 1.165) is 12.0 Å². The van der Waals surface area contributed by atoms with Crippen molar-refractivity contribution in [2.75, 3.05) is 7.11 Å². The Labute approximate surface area is 139 Å². The lowest BCUT2D eigenvalue weighted by atomic mass is 10.1. The Morgan fingerprint density at radius 3 is 2.71 bits per heavy atom. The number of fused-ring (bicyclic) bond motifs is 1. The zero-order chi connectivity index (χ0) is 17.3. The number of halogens is 2. The molecule has 0 aliphatic rings. The van der Waals surface area contributed by atoms with E-state index in [1.165, 1.54) is 6.07 Å². The topological polar surface area (TPSA) is 39.9 Å². The second kappa shape index (κ2) is 6.55. The molecule has 0 aliphatic carbocycles. The summed E-state index contributed by atoms with van der Waals surface area (Å²) in [6.45, 7) is 4.40. The van der Waals surface area contributed by atoms with Crippen LogP contribution in [0.3, 0.4) is 0 Å². The fourth-order valence-corrected chi connectivity index (χ4v) is 2.86. The first-order chi connectivity index (χ1) is 11.5. The Kier molecular flexibility index (Phi) is 4.46. The highest BCUT2D eigenvalue weighted by Gasteiger charge is 2.20. The van der Waals surface area contributed by atoms with Crippen molar-refractivity contribution in [3.63, 3.8) is 0 Å². The van der Waals surface area contributed by atoms with E-state index in [9.17, 15) is 8.78 Å². The molecule has 1 aromatic carbocycles. The second-order valence-corrected chi connectivity index (χ2v) is 5.64. The molecule has 4 nitrogen and oxygen atoms in total. The van der Waals surface area contributed by atoms with Crippen LogP contribution in [0.15, 0.2) is 30.3 Å². The van der Waals surface area contributed by atoms with E-state index in [4.69, 9.17) is 4.74 Å². The van der Waals surface area contributed by atoms with Crippen molar-refractivity contribution in [3.05, 3.63) is 41.6 Å². The zero-order valence-corrected chi connectivity index (χ0v) is 13.9. The van der Waals surface area contributed by atoms with Crippen molar-refractivity contribution in [3.8, 4) is 17.0 Å². The minimum absolute atomic E-state index is 0.0299. The maximum absolute atomic E-state index is 13.6. The Balaban J connectivity index is 2.27. The van der Waals surface area contributed by atoms with Gasteiger partial charge >= 0.3 is 0 Å². The van der Waals surface area contributed by atoms with E-state index in [0.29, 0.717) is 34.7 Å². The molecular formula is C18H19F2N3O. The largest absolute Gasteiger partial charge is 0.497 e. The number of alkyl halides is 2. The summed E-state index contributed by atoms with van der Waals surface area (Å²) in [5, 5.41) is 4.84. The van der Waals surface area contributed by atoms with Crippen LogP contribution in [0.25, 0.3) is 22.3 Å². The molecular weight excluding hydrogens is 312 g/mol. The van der Waals surface area contributed by atoms with Crippen LogP contribution < -0.4 is 4.74 Å². The molecule has 3 aromatic rings. The van der Waals surface area contributed by atoms with E-state index in [1.807, 2.05) is 25.1 Å². The molecule has 0 radical (unpaired) electrons. The summed E-state index contributed by atoms with van der Waals surface area (Å²) in [7, 11) is 1.57. The lowest BCUT2D eigenvalue weighted by molar-refractivity contribution is 0.153. The van der Waals surface area contributed by atoms with Gasteiger partial charge in [0.25, 0.3) is 6.43 Å². The van der Waals surface area contributed by atoms with E-state index in [-0.39, 0.29) is 5.56 Å². The Hall–Kier alpha value is -2.50. The minimum Gasteiger partial charge on any atom is -0.497 e. The van der Waals surface area contributed by atoms with E-state index >= 15 is 0 Å². The minimum atomic E-state index is -2.59. The summed E-state index contributed by atoms with van der Waals surface area (Å²) in [5.41, 5.74) is 2.29. The smallest absolute Gasteiger partial charge is 0.264 e. The molecule has 24 heavy (non-hydrogen) atoms. The van der Waals surface area contributed by atoms with Crippen LogP contribution in [-0.2, 0) is 6.54 Å². The fraction of sp³-hybridized carbons (Fsp3) is 0.333. The van der Waals surface area contributed by atoms with Crippen LogP contribution in [0.4, 0.5) is 8.78 Å². The maximum atomic E-state index is 13.6. The van der Waals surface area contributed by atoms with E-state index in [1.54, 1.807) is 24.8 Å². The number of methoxy groups -OCH3 is 1. The van der Waals surface area contributed by atoms with Crippen molar-refractivity contribution >= 4 is 11.0 Å². The van der Waals surface area contributed by atoms with Crippen LogP contribution in [0, 0.1) is 6.92 Å². The second-order valence-electron chi connectivity index (χ2n) is 5.64. The summed E-state index contributed by atoms with van der Waals surface area (Å²) >= 11 is 0. The monoisotopic (exact) mass is 331 g/mol. The van der Waals surface area contributed by atoms with Crippen LogP contribution in [0.5, 0.6) is 5.75 Å². The number of rotatable bonds is 5. The molecule has 0 aliphatic heterocycles. The number of benzene rings is 1. The first kappa shape index (κ1) is 16.4.